The van der Waals surface area contributed by atoms with Gasteiger partial charge in [0.05, 0.1) is 0 Å². The molecular formula is C16H18BrN3O3. The Labute approximate surface area is 143 Å². The van der Waals surface area contributed by atoms with Crippen LogP contribution in [0.4, 0.5) is 11.5 Å². The van der Waals surface area contributed by atoms with Crippen LogP contribution in [0.1, 0.15) is 24.7 Å². The number of benzene rings is 1. The van der Waals surface area contributed by atoms with Gasteiger partial charge in [0.25, 0.3) is 0 Å². The van der Waals surface area contributed by atoms with Gasteiger partial charge in [-0.05, 0) is 37.6 Å². The summed E-state index contributed by atoms with van der Waals surface area (Å²) in [5.74, 6) is 0.673. The molecule has 0 aliphatic heterocycles. The maximum atomic E-state index is 12.1. The number of carbonyl (C=O) groups is 2. The molecule has 7 heteroatoms. The van der Waals surface area contributed by atoms with E-state index in [0.29, 0.717) is 11.6 Å². The van der Waals surface area contributed by atoms with Gasteiger partial charge in [-0.15, -0.1) is 0 Å². The van der Waals surface area contributed by atoms with Crippen LogP contribution in [0.2, 0.25) is 0 Å². The number of aromatic nitrogens is 1. The van der Waals surface area contributed by atoms with E-state index >= 15 is 0 Å². The van der Waals surface area contributed by atoms with Crippen molar-refractivity contribution in [3.63, 3.8) is 0 Å². The molecule has 0 saturated carbocycles. The number of rotatable bonds is 5. The predicted molar refractivity (Wildman–Crippen MR) is 91.4 cm³/mol. The second-order valence-electron chi connectivity index (χ2n) is 5.23. The van der Waals surface area contributed by atoms with Gasteiger partial charge in [0.1, 0.15) is 5.76 Å². The molecule has 0 spiro atoms. The molecule has 2 rings (SSSR count). The van der Waals surface area contributed by atoms with Gasteiger partial charge in [-0.25, -0.2) is 0 Å². The van der Waals surface area contributed by atoms with Crippen molar-refractivity contribution in [1.29, 1.82) is 0 Å². The molecule has 0 aliphatic rings. The van der Waals surface area contributed by atoms with E-state index in [4.69, 9.17) is 4.52 Å². The molecule has 2 amide bonds. The van der Waals surface area contributed by atoms with Gasteiger partial charge >= 0.3 is 0 Å². The van der Waals surface area contributed by atoms with Gasteiger partial charge in [-0.3, -0.25) is 14.5 Å². The summed E-state index contributed by atoms with van der Waals surface area (Å²) in [6.45, 7) is 5.37. The zero-order valence-electron chi connectivity index (χ0n) is 13.2. The van der Waals surface area contributed by atoms with Gasteiger partial charge in [0, 0.05) is 36.1 Å². The van der Waals surface area contributed by atoms with E-state index in [2.05, 4.69) is 26.4 Å². The molecule has 1 heterocycles. The fourth-order valence-corrected chi connectivity index (χ4v) is 2.32. The number of anilines is 2. The van der Waals surface area contributed by atoms with Gasteiger partial charge in [0.15, 0.2) is 5.82 Å². The lowest BCUT2D eigenvalue weighted by Gasteiger charge is -2.17. The number of carbonyl (C=O) groups excluding carboxylic acids is 2. The van der Waals surface area contributed by atoms with Crippen molar-refractivity contribution in [3.8, 4) is 0 Å². The van der Waals surface area contributed by atoms with Gasteiger partial charge in [-0.2, -0.15) is 0 Å². The number of amides is 2. The average Bonchev–Trinajstić information content (AvgIpc) is 2.89. The number of hydrogen-bond donors (Lipinski definition) is 1. The quantitative estimate of drug-likeness (QED) is 0.862. The lowest BCUT2D eigenvalue weighted by molar-refractivity contribution is -0.117. The monoisotopic (exact) mass is 379 g/mol. The maximum Gasteiger partial charge on any atom is 0.226 e. The van der Waals surface area contributed by atoms with Crippen LogP contribution >= 0.6 is 15.9 Å². The summed E-state index contributed by atoms with van der Waals surface area (Å²) in [7, 11) is 0. The van der Waals surface area contributed by atoms with E-state index in [1.54, 1.807) is 13.0 Å². The number of halogens is 1. The van der Waals surface area contributed by atoms with Crippen LogP contribution in [0.25, 0.3) is 0 Å². The lowest BCUT2D eigenvalue weighted by atomic mass is 10.2. The van der Waals surface area contributed by atoms with E-state index < -0.39 is 0 Å². The van der Waals surface area contributed by atoms with Crippen molar-refractivity contribution in [2.45, 2.75) is 27.2 Å². The van der Waals surface area contributed by atoms with Crippen LogP contribution in [-0.2, 0) is 9.59 Å². The topological polar surface area (TPSA) is 75.4 Å². The summed E-state index contributed by atoms with van der Waals surface area (Å²) in [6, 6.07) is 7.24. The van der Waals surface area contributed by atoms with Crippen LogP contribution in [0.5, 0.6) is 0 Å². The Kier molecular flexibility index (Phi) is 5.54. The molecule has 122 valence electrons. The van der Waals surface area contributed by atoms with Crippen LogP contribution in [0, 0.1) is 13.8 Å². The van der Waals surface area contributed by atoms with Gasteiger partial charge in [0.2, 0.25) is 11.8 Å². The third-order valence-corrected chi connectivity index (χ3v) is 4.17. The third kappa shape index (κ3) is 4.66. The van der Waals surface area contributed by atoms with Crippen molar-refractivity contribution in [2.24, 2.45) is 0 Å². The second kappa shape index (κ2) is 7.41. The van der Waals surface area contributed by atoms with Crippen molar-refractivity contribution < 1.29 is 14.1 Å². The van der Waals surface area contributed by atoms with E-state index in [1.165, 1.54) is 11.8 Å². The highest BCUT2D eigenvalue weighted by molar-refractivity contribution is 9.10. The molecule has 2 aromatic rings. The Hall–Kier alpha value is -2.15. The number of nitrogens with one attached hydrogen (secondary N) is 1. The van der Waals surface area contributed by atoms with Crippen LogP contribution in [0.15, 0.2) is 33.3 Å². The lowest BCUT2D eigenvalue weighted by Crippen LogP contribution is -2.32. The van der Waals surface area contributed by atoms with E-state index in [0.717, 1.165) is 15.7 Å². The van der Waals surface area contributed by atoms with E-state index in [-0.39, 0.29) is 24.8 Å². The van der Waals surface area contributed by atoms with E-state index in [1.807, 2.05) is 25.1 Å². The SMILES string of the molecule is CC(=O)N(CCC(=O)Nc1ccc(Br)c(C)c1)c1cc(C)on1. The highest BCUT2D eigenvalue weighted by Gasteiger charge is 2.17. The average molecular weight is 380 g/mol. The van der Waals surface area contributed by atoms with Crippen molar-refractivity contribution >= 4 is 39.2 Å². The first-order chi connectivity index (χ1) is 10.9. The molecule has 0 unspecified atom stereocenters. The Balaban J connectivity index is 1.96. The molecule has 1 aromatic heterocycles. The first-order valence-corrected chi connectivity index (χ1v) is 7.93. The largest absolute Gasteiger partial charge is 0.360 e. The summed E-state index contributed by atoms with van der Waals surface area (Å²) in [4.78, 5) is 25.2. The molecule has 23 heavy (non-hydrogen) atoms. The highest BCUT2D eigenvalue weighted by atomic mass is 79.9. The zero-order chi connectivity index (χ0) is 17.0. The zero-order valence-corrected chi connectivity index (χ0v) is 14.8. The Morgan fingerprint density at radius 2 is 2.04 bits per heavy atom. The predicted octanol–water partition coefficient (Wildman–Crippen LogP) is 3.44. The normalized spacial score (nSPS) is 10.4. The number of nitrogens with zero attached hydrogens (tertiary/aromatic N) is 2. The molecule has 0 atom stereocenters. The fraction of sp³-hybridized carbons (Fsp3) is 0.312. The van der Waals surface area contributed by atoms with E-state index in [9.17, 15) is 9.59 Å². The third-order valence-electron chi connectivity index (χ3n) is 3.28. The summed E-state index contributed by atoms with van der Waals surface area (Å²) in [5, 5.41) is 6.63. The Bertz CT molecular complexity index is 727. The molecular weight excluding hydrogens is 362 g/mol. The molecule has 0 bridgehead atoms. The molecule has 1 N–H and O–H groups in total. The minimum atomic E-state index is -0.189. The minimum absolute atomic E-state index is 0.167. The van der Waals surface area contributed by atoms with Gasteiger partial charge in [-0.1, -0.05) is 21.1 Å². The Morgan fingerprint density at radius 3 is 2.61 bits per heavy atom. The number of hydrogen-bond acceptors (Lipinski definition) is 4. The van der Waals surface area contributed by atoms with Crippen molar-refractivity contribution in [2.75, 3.05) is 16.8 Å². The van der Waals surface area contributed by atoms with Crippen LogP contribution in [0.3, 0.4) is 0 Å². The molecule has 0 fully saturated rings. The molecule has 6 nitrogen and oxygen atoms in total. The standard InChI is InChI=1S/C16H18BrN3O3/c1-10-8-13(4-5-14(10)17)18-16(22)6-7-20(12(3)21)15-9-11(2)23-19-15/h4-5,8-9H,6-7H2,1-3H3,(H,18,22). The maximum absolute atomic E-state index is 12.1. The minimum Gasteiger partial charge on any atom is -0.360 e. The number of aryl methyl sites for hydroxylation is 2. The van der Waals surface area contributed by atoms with Gasteiger partial charge < -0.3 is 9.84 Å². The summed E-state index contributed by atoms with van der Waals surface area (Å²) in [6.07, 6.45) is 0.167. The Morgan fingerprint density at radius 1 is 1.30 bits per heavy atom. The second-order valence-corrected chi connectivity index (χ2v) is 6.08. The summed E-state index contributed by atoms with van der Waals surface area (Å²) < 4.78 is 5.96. The highest BCUT2D eigenvalue weighted by Crippen LogP contribution is 2.20. The smallest absolute Gasteiger partial charge is 0.226 e. The molecule has 1 aromatic carbocycles. The fourth-order valence-electron chi connectivity index (χ4n) is 2.07. The van der Waals surface area contributed by atoms with Crippen molar-refractivity contribution in [3.05, 3.63) is 40.1 Å². The van der Waals surface area contributed by atoms with Crippen LogP contribution in [-0.4, -0.2) is 23.5 Å². The first-order valence-electron chi connectivity index (χ1n) is 7.14. The summed E-state index contributed by atoms with van der Waals surface area (Å²) >= 11 is 3.42. The first kappa shape index (κ1) is 17.2. The van der Waals surface area contributed by atoms with Crippen molar-refractivity contribution in [1.82, 2.24) is 5.16 Å². The molecule has 0 aliphatic carbocycles. The summed E-state index contributed by atoms with van der Waals surface area (Å²) in [5.41, 5.74) is 1.76. The molecule has 0 radical (unpaired) electrons. The van der Waals surface area contributed by atoms with Crippen LogP contribution < -0.4 is 10.2 Å². The molecule has 0 saturated heterocycles.